The second kappa shape index (κ2) is 8.22. The molecule has 0 amide bonds. The van der Waals surface area contributed by atoms with Crippen LogP contribution in [0.25, 0.3) is 10.8 Å². The van der Waals surface area contributed by atoms with Crippen molar-refractivity contribution in [3.63, 3.8) is 0 Å². The van der Waals surface area contributed by atoms with E-state index >= 15 is 0 Å². The van der Waals surface area contributed by atoms with E-state index in [0.29, 0.717) is 6.61 Å². The Kier molecular flexibility index (Phi) is 5.15. The highest BCUT2D eigenvalue weighted by Gasteiger charge is 2.10. The number of anilines is 1. The molecule has 4 N–H and O–H groups in total. The van der Waals surface area contributed by atoms with Crippen LogP contribution < -0.4 is 16.2 Å². The van der Waals surface area contributed by atoms with Crippen molar-refractivity contribution in [3.8, 4) is 5.75 Å². The quantitative estimate of drug-likeness (QED) is 0.298. The van der Waals surface area contributed by atoms with Crippen LogP contribution in [0.3, 0.4) is 0 Å². The average Bonchev–Trinajstić information content (AvgIpc) is 3.18. The minimum Gasteiger partial charge on any atom is -0.489 e. The van der Waals surface area contributed by atoms with E-state index in [1.807, 2.05) is 42.5 Å². The summed E-state index contributed by atoms with van der Waals surface area (Å²) in [7, 11) is 0. The van der Waals surface area contributed by atoms with Crippen molar-refractivity contribution < 1.29 is 9.37 Å². The second-order valence-electron chi connectivity index (χ2n) is 6.23. The van der Waals surface area contributed by atoms with E-state index in [9.17, 15) is 0 Å². The molecule has 0 aliphatic rings. The minimum absolute atomic E-state index is 0.0170. The smallest absolute Gasteiger partial charge is 0.199 e. The second-order valence-corrected chi connectivity index (χ2v) is 6.23. The number of amidine groups is 1. The van der Waals surface area contributed by atoms with Crippen molar-refractivity contribution in [2.75, 3.05) is 5.73 Å². The van der Waals surface area contributed by atoms with Crippen LogP contribution in [0.1, 0.15) is 16.8 Å². The maximum absolute atomic E-state index is 5.97. The third-order valence-corrected chi connectivity index (χ3v) is 4.26. The number of ether oxygens (including phenoxy) is 1. The van der Waals surface area contributed by atoms with E-state index in [1.165, 1.54) is 10.8 Å². The molecule has 0 fully saturated rings. The molecule has 29 heavy (non-hydrogen) atoms. The Labute approximate surface area is 166 Å². The summed E-state index contributed by atoms with van der Waals surface area (Å²) in [4.78, 5) is 0. The van der Waals surface area contributed by atoms with Gasteiger partial charge in [0.25, 0.3) is 0 Å². The van der Waals surface area contributed by atoms with Crippen molar-refractivity contribution in [3.05, 3.63) is 83.6 Å². The molecular formula is C21H18N6O2. The van der Waals surface area contributed by atoms with Gasteiger partial charge in [0.2, 0.25) is 0 Å². The van der Waals surface area contributed by atoms with Crippen LogP contribution in [0.5, 0.6) is 5.75 Å². The first-order chi connectivity index (χ1) is 14.2. The molecule has 0 unspecified atom stereocenters. The first-order valence-corrected chi connectivity index (χ1v) is 8.85. The standard InChI is InChI=1S/C21H18N6O2/c22-20(19-21(23)27-29-26-19)25-24-12-14-5-3-9-17(11-14)28-13-16-8-4-7-15-6-1-2-10-18(15)16/h1-12H,13H2,(H2,22,25)(H2,23,27)/b24-12-. The van der Waals surface area contributed by atoms with Crippen LogP contribution in [0.2, 0.25) is 0 Å². The number of nitrogens with zero attached hydrogens (tertiary/aromatic N) is 4. The van der Waals surface area contributed by atoms with Gasteiger partial charge in [-0.25, -0.2) is 4.63 Å². The normalized spacial score (nSPS) is 11.9. The predicted octanol–water partition coefficient (Wildman–Crippen LogP) is 3.12. The van der Waals surface area contributed by atoms with Crippen LogP contribution in [0.15, 0.2) is 81.6 Å². The summed E-state index contributed by atoms with van der Waals surface area (Å²) in [5.41, 5.74) is 13.4. The van der Waals surface area contributed by atoms with E-state index in [2.05, 4.69) is 49.4 Å². The molecule has 8 nitrogen and oxygen atoms in total. The number of nitrogen functional groups attached to an aromatic ring is 1. The van der Waals surface area contributed by atoms with Crippen LogP contribution in [0.4, 0.5) is 5.82 Å². The molecule has 0 saturated carbocycles. The topological polar surface area (TPSA) is 125 Å². The zero-order chi connectivity index (χ0) is 20.1. The van der Waals surface area contributed by atoms with Gasteiger partial charge in [0.05, 0.1) is 6.21 Å². The zero-order valence-electron chi connectivity index (χ0n) is 15.4. The number of hydrogen-bond acceptors (Lipinski definition) is 7. The number of benzene rings is 3. The molecule has 1 aromatic heterocycles. The average molecular weight is 386 g/mol. The van der Waals surface area contributed by atoms with Gasteiger partial charge < -0.3 is 16.2 Å². The van der Waals surface area contributed by atoms with Gasteiger partial charge in [-0.05, 0) is 44.3 Å². The summed E-state index contributed by atoms with van der Waals surface area (Å²) in [6, 6.07) is 21.9. The van der Waals surface area contributed by atoms with Gasteiger partial charge in [0, 0.05) is 0 Å². The minimum atomic E-state index is 0.0170. The van der Waals surface area contributed by atoms with Crippen molar-refractivity contribution in [2.45, 2.75) is 6.61 Å². The molecule has 0 radical (unpaired) electrons. The van der Waals surface area contributed by atoms with Crippen LogP contribution >= 0.6 is 0 Å². The first kappa shape index (κ1) is 18.2. The van der Waals surface area contributed by atoms with Gasteiger partial charge in [0.15, 0.2) is 17.3 Å². The molecule has 0 saturated heterocycles. The van der Waals surface area contributed by atoms with Gasteiger partial charge in [-0.2, -0.15) is 5.10 Å². The molecule has 0 spiro atoms. The fourth-order valence-corrected chi connectivity index (χ4v) is 2.84. The largest absolute Gasteiger partial charge is 0.489 e. The summed E-state index contributed by atoms with van der Waals surface area (Å²) >= 11 is 0. The molecule has 0 atom stereocenters. The Bertz CT molecular complexity index is 1190. The van der Waals surface area contributed by atoms with E-state index in [1.54, 1.807) is 6.21 Å². The first-order valence-electron chi connectivity index (χ1n) is 8.85. The summed E-state index contributed by atoms with van der Waals surface area (Å²) < 4.78 is 10.5. The van der Waals surface area contributed by atoms with E-state index in [0.717, 1.165) is 16.9 Å². The SMILES string of the molecule is N/C(=N/N=C\c1cccc(OCc2cccc3ccccc23)c1)c1nonc1N. The van der Waals surface area contributed by atoms with Crippen LogP contribution in [-0.2, 0) is 6.61 Å². The molecule has 144 valence electrons. The number of rotatable bonds is 6. The lowest BCUT2D eigenvalue weighted by Gasteiger charge is -2.09. The van der Waals surface area contributed by atoms with Crippen LogP contribution in [-0.4, -0.2) is 22.4 Å². The summed E-state index contributed by atoms with van der Waals surface area (Å²) in [6.45, 7) is 0.464. The van der Waals surface area contributed by atoms with Crippen molar-refractivity contribution in [2.24, 2.45) is 15.9 Å². The Morgan fingerprint density at radius 1 is 1.03 bits per heavy atom. The highest BCUT2D eigenvalue weighted by molar-refractivity contribution is 5.99. The molecule has 0 aliphatic carbocycles. The van der Waals surface area contributed by atoms with Crippen molar-refractivity contribution in [1.82, 2.24) is 10.3 Å². The highest BCUT2D eigenvalue weighted by atomic mass is 16.6. The Morgan fingerprint density at radius 2 is 1.86 bits per heavy atom. The number of hydrogen-bond donors (Lipinski definition) is 2. The van der Waals surface area contributed by atoms with Crippen molar-refractivity contribution in [1.29, 1.82) is 0 Å². The molecule has 0 aliphatic heterocycles. The molecule has 4 aromatic rings. The van der Waals surface area contributed by atoms with Gasteiger partial charge in [-0.3, -0.25) is 0 Å². The maximum atomic E-state index is 5.97. The monoisotopic (exact) mass is 386 g/mol. The third kappa shape index (κ3) is 4.22. The fourth-order valence-electron chi connectivity index (χ4n) is 2.84. The highest BCUT2D eigenvalue weighted by Crippen LogP contribution is 2.21. The molecule has 8 heteroatoms. The lowest BCUT2D eigenvalue weighted by atomic mass is 10.1. The predicted molar refractivity (Wildman–Crippen MR) is 112 cm³/mol. The van der Waals surface area contributed by atoms with Gasteiger partial charge >= 0.3 is 0 Å². The van der Waals surface area contributed by atoms with Crippen molar-refractivity contribution >= 4 is 28.6 Å². The third-order valence-electron chi connectivity index (χ3n) is 4.26. The maximum Gasteiger partial charge on any atom is 0.199 e. The lowest BCUT2D eigenvalue weighted by molar-refractivity contribution is 0.307. The van der Waals surface area contributed by atoms with E-state index in [-0.39, 0.29) is 17.3 Å². The van der Waals surface area contributed by atoms with Gasteiger partial charge in [0.1, 0.15) is 12.4 Å². The molecule has 1 heterocycles. The number of nitrogens with two attached hydrogens (primary N) is 2. The Balaban J connectivity index is 1.45. The number of fused-ring (bicyclic) bond motifs is 1. The van der Waals surface area contributed by atoms with Crippen LogP contribution in [0, 0.1) is 0 Å². The fraction of sp³-hybridized carbons (Fsp3) is 0.0476. The zero-order valence-corrected chi connectivity index (χ0v) is 15.4. The molecule has 4 rings (SSSR count). The van der Waals surface area contributed by atoms with Gasteiger partial charge in [-0.15, -0.1) is 5.10 Å². The Hall–Kier alpha value is -4.20. The molecule has 3 aromatic carbocycles. The lowest BCUT2D eigenvalue weighted by Crippen LogP contribution is -2.15. The van der Waals surface area contributed by atoms with E-state index in [4.69, 9.17) is 16.2 Å². The van der Waals surface area contributed by atoms with Gasteiger partial charge in [-0.1, -0.05) is 54.6 Å². The molecule has 0 bridgehead atoms. The molecular weight excluding hydrogens is 368 g/mol. The summed E-state index contributed by atoms with van der Waals surface area (Å²) in [5.74, 6) is 0.803. The summed E-state index contributed by atoms with van der Waals surface area (Å²) in [5, 5.41) is 17.2. The number of aromatic nitrogens is 2. The van der Waals surface area contributed by atoms with E-state index < -0.39 is 0 Å². The summed E-state index contributed by atoms with van der Waals surface area (Å²) in [6.07, 6.45) is 1.56. The Morgan fingerprint density at radius 3 is 2.72 bits per heavy atom.